The van der Waals surface area contributed by atoms with Crippen molar-refractivity contribution in [3.05, 3.63) is 23.8 Å². The number of anilines is 2. The van der Waals surface area contributed by atoms with Crippen molar-refractivity contribution in [2.24, 2.45) is 0 Å². The Bertz CT molecular complexity index is 717. The number of sulfonamides is 1. The summed E-state index contributed by atoms with van der Waals surface area (Å²) < 4.78 is 59.3. The van der Waals surface area contributed by atoms with Crippen molar-refractivity contribution in [2.75, 3.05) is 30.1 Å². The van der Waals surface area contributed by atoms with Crippen LogP contribution in [-0.2, 0) is 24.7 Å². The van der Waals surface area contributed by atoms with Crippen LogP contribution in [0.5, 0.6) is 0 Å². The minimum Gasteiger partial charge on any atom is -0.399 e. The van der Waals surface area contributed by atoms with Gasteiger partial charge < -0.3 is 5.73 Å². The molecule has 11 heteroatoms. The summed E-state index contributed by atoms with van der Waals surface area (Å²) in [6.45, 7) is 1.86. The number of hydroxylamine groups is 1. The molecule has 0 bridgehead atoms. The largest absolute Gasteiger partial charge is 0.418 e. The van der Waals surface area contributed by atoms with E-state index in [9.17, 15) is 16.8 Å². The Kier molecular flexibility index (Phi) is 6.14. The van der Waals surface area contributed by atoms with Gasteiger partial charge in [0.25, 0.3) is 0 Å². The molecule has 0 atom stereocenters. The molecule has 0 fully saturated rings. The molecule has 1 aromatic carbocycles. The van der Waals surface area contributed by atoms with E-state index in [1.807, 2.05) is 0 Å². The van der Waals surface area contributed by atoms with E-state index in [1.54, 1.807) is 19.1 Å². The quantitative estimate of drug-likeness (QED) is 0.258. The Morgan fingerprint density at radius 2 is 1.95 bits per heavy atom. The molecule has 1 rings (SSSR count). The molecule has 0 aliphatic rings. The summed E-state index contributed by atoms with van der Waals surface area (Å²) in [7, 11) is -8.03. The SMILES string of the molecule is Cc1cc(N(CCCNS(C)(=O)=O)OS(=O)(=O)O)ccc1N. The maximum absolute atomic E-state index is 11.0. The molecule has 0 heterocycles. The lowest BCUT2D eigenvalue weighted by molar-refractivity contribution is 0.240. The average Bonchev–Trinajstić information content (AvgIpc) is 2.34. The number of nitrogens with zero attached hydrogens (tertiary/aromatic N) is 1. The van der Waals surface area contributed by atoms with E-state index in [-0.39, 0.29) is 19.5 Å². The fraction of sp³-hybridized carbons (Fsp3) is 0.455. The fourth-order valence-electron chi connectivity index (χ4n) is 1.62. The van der Waals surface area contributed by atoms with Crippen molar-refractivity contribution < 1.29 is 25.7 Å². The van der Waals surface area contributed by atoms with Gasteiger partial charge in [-0.15, -0.1) is 4.28 Å². The Labute approximate surface area is 130 Å². The molecule has 0 saturated carbocycles. The van der Waals surface area contributed by atoms with E-state index >= 15 is 0 Å². The van der Waals surface area contributed by atoms with E-state index in [0.29, 0.717) is 16.9 Å². The molecule has 0 aliphatic carbocycles. The van der Waals surface area contributed by atoms with Gasteiger partial charge in [-0.25, -0.2) is 18.2 Å². The summed E-state index contributed by atoms with van der Waals surface area (Å²) in [6, 6.07) is 4.68. The van der Waals surface area contributed by atoms with Gasteiger partial charge in [-0.2, -0.15) is 8.42 Å². The van der Waals surface area contributed by atoms with Crippen LogP contribution in [0.2, 0.25) is 0 Å². The third kappa shape index (κ3) is 7.04. The number of nitrogen functional groups attached to an aromatic ring is 1. The van der Waals surface area contributed by atoms with Crippen LogP contribution in [0.15, 0.2) is 18.2 Å². The summed E-state index contributed by atoms with van der Waals surface area (Å²) in [5, 5.41) is 0.950. The van der Waals surface area contributed by atoms with Crippen molar-refractivity contribution in [3.8, 4) is 0 Å². The normalized spacial score (nSPS) is 12.3. The first kappa shape index (κ1) is 18.6. The average molecular weight is 353 g/mol. The topological polar surface area (TPSA) is 139 Å². The number of nitrogens with one attached hydrogen (secondary N) is 1. The molecule has 4 N–H and O–H groups in total. The molecule has 22 heavy (non-hydrogen) atoms. The standard InChI is InChI=1S/C11H19N3O6S2/c1-9-8-10(4-5-11(9)12)14(20-22(17,18)19)7-3-6-13-21(2,15)16/h4-5,8,13H,3,6-7,12H2,1-2H3,(H,17,18,19). The first-order valence-corrected chi connectivity index (χ1v) is 9.49. The summed E-state index contributed by atoms with van der Waals surface area (Å²) >= 11 is 0. The Balaban J connectivity index is 2.82. The minimum atomic E-state index is -4.70. The molecule has 0 saturated heterocycles. The molecule has 0 amide bonds. The molecular formula is C11H19N3O6S2. The molecule has 0 aromatic heterocycles. The van der Waals surface area contributed by atoms with Gasteiger partial charge in [0.05, 0.1) is 11.9 Å². The van der Waals surface area contributed by atoms with Gasteiger partial charge >= 0.3 is 10.4 Å². The molecule has 126 valence electrons. The molecule has 0 aliphatic heterocycles. The lowest BCUT2D eigenvalue weighted by atomic mass is 10.2. The van der Waals surface area contributed by atoms with Crippen molar-refractivity contribution in [2.45, 2.75) is 13.3 Å². The third-order valence-electron chi connectivity index (χ3n) is 2.63. The van der Waals surface area contributed by atoms with Gasteiger partial charge in [0.15, 0.2) is 0 Å². The fourth-order valence-corrected chi connectivity index (χ4v) is 2.52. The van der Waals surface area contributed by atoms with Crippen LogP contribution in [0.4, 0.5) is 11.4 Å². The van der Waals surface area contributed by atoms with Crippen molar-refractivity contribution in [3.63, 3.8) is 0 Å². The van der Waals surface area contributed by atoms with Gasteiger partial charge in [-0.3, -0.25) is 4.55 Å². The summed E-state index contributed by atoms with van der Waals surface area (Å²) in [4.78, 5) is 0. The van der Waals surface area contributed by atoms with Crippen LogP contribution >= 0.6 is 0 Å². The second-order valence-electron chi connectivity index (χ2n) is 4.67. The highest BCUT2D eigenvalue weighted by atomic mass is 32.3. The zero-order chi connectivity index (χ0) is 17.0. The van der Waals surface area contributed by atoms with E-state index < -0.39 is 20.4 Å². The number of aryl methyl sites for hydroxylation is 1. The first-order chi connectivity index (χ1) is 9.98. The van der Waals surface area contributed by atoms with Gasteiger partial charge in [-0.1, -0.05) is 0 Å². The van der Waals surface area contributed by atoms with Crippen LogP contribution in [0.3, 0.4) is 0 Å². The summed E-state index contributed by atoms with van der Waals surface area (Å²) in [6.07, 6.45) is 1.27. The zero-order valence-corrected chi connectivity index (χ0v) is 13.8. The molecule has 0 unspecified atom stereocenters. The lowest BCUT2D eigenvalue weighted by Crippen LogP contribution is -2.31. The van der Waals surface area contributed by atoms with Gasteiger partial charge in [0.2, 0.25) is 10.0 Å². The van der Waals surface area contributed by atoms with E-state index in [4.69, 9.17) is 10.3 Å². The van der Waals surface area contributed by atoms with E-state index in [1.165, 1.54) is 6.07 Å². The van der Waals surface area contributed by atoms with Crippen molar-refractivity contribution >= 4 is 31.8 Å². The van der Waals surface area contributed by atoms with Gasteiger partial charge in [0, 0.05) is 18.8 Å². The maximum atomic E-state index is 11.0. The monoisotopic (exact) mass is 353 g/mol. The number of nitrogens with two attached hydrogens (primary N) is 1. The molecule has 1 aromatic rings. The predicted molar refractivity (Wildman–Crippen MR) is 83.0 cm³/mol. The highest BCUT2D eigenvalue weighted by Crippen LogP contribution is 2.21. The number of hydrogen-bond donors (Lipinski definition) is 3. The van der Waals surface area contributed by atoms with E-state index in [2.05, 4.69) is 9.01 Å². The zero-order valence-electron chi connectivity index (χ0n) is 12.2. The Morgan fingerprint density at radius 1 is 1.32 bits per heavy atom. The Hall–Kier alpha value is -1.40. The molecule has 0 spiro atoms. The van der Waals surface area contributed by atoms with Crippen LogP contribution in [0, 0.1) is 6.92 Å². The lowest BCUT2D eigenvalue weighted by Gasteiger charge is -2.22. The smallest absolute Gasteiger partial charge is 0.399 e. The number of hydrogen-bond acceptors (Lipinski definition) is 7. The first-order valence-electron chi connectivity index (χ1n) is 6.23. The molecule has 9 nitrogen and oxygen atoms in total. The van der Waals surface area contributed by atoms with Crippen molar-refractivity contribution in [1.82, 2.24) is 4.72 Å². The summed E-state index contributed by atoms with van der Waals surface area (Å²) in [5.41, 5.74) is 7.27. The van der Waals surface area contributed by atoms with Crippen molar-refractivity contribution in [1.29, 1.82) is 0 Å². The van der Waals surface area contributed by atoms with Crippen LogP contribution in [-0.4, -0.2) is 40.7 Å². The number of benzene rings is 1. The second-order valence-corrected chi connectivity index (χ2v) is 7.50. The van der Waals surface area contributed by atoms with Gasteiger partial charge in [-0.05, 0) is 37.1 Å². The van der Waals surface area contributed by atoms with E-state index in [0.717, 1.165) is 11.3 Å². The summed E-state index contributed by atoms with van der Waals surface area (Å²) in [5.74, 6) is 0. The second kappa shape index (κ2) is 7.24. The van der Waals surface area contributed by atoms with Crippen LogP contribution in [0.25, 0.3) is 0 Å². The number of rotatable bonds is 8. The van der Waals surface area contributed by atoms with Crippen LogP contribution in [0.1, 0.15) is 12.0 Å². The maximum Gasteiger partial charge on any atom is 0.418 e. The Morgan fingerprint density at radius 3 is 2.45 bits per heavy atom. The molecule has 0 radical (unpaired) electrons. The van der Waals surface area contributed by atoms with Crippen LogP contribution < -0.4 is 15.5 Å². The highest BCUT2D eigenvalue weighted by molar-refractivity contribution is 7.88. The predicted octanol–water partition coefficient (Wildman–Crippen LogP) is 0.0573. The van der Waals surface area contributed by atoms with Gasteiger partial charge in [0.1, 0.15) is 0 Å². The third-order valence-corrected chi connectivity index (χ3v) is 3.72. The minimum absolute atomic E-state index is 0.0334. The molecular weight excluding hydrogens is 334 g/mol. The highest BCUT2D eigenvalue weighted by Gasteiger charge is 2.16.